The second-order valence-corrected chi connectivity index (χ2v) is 4.36. The van der Waals surface area contributed by atoms with Crippen molar-refractivity contribution in [1.29, 1.82) is 0 Å². The number of ether oxygens (including phenoxy) is 3. The maximum absolute atomic E-state index is 5.60. The summed E-state index contributed by atoms with van der Waals surface area (Å²) in [6.45, 7) is 5.20. The highest BCUT2D eigenvalue weighted by molar-refractivity contribution is 5.42. The molecular weight excluding hydrogens is 242 g/mol. The minimum atomic E-state index is 0.529. The van der Waals surface area contributed by atoms with Crippen molar-refractivity contribution >= 4 is 0 Å². The fourth-order valence-corrected chi connectivity index (χ4v) is 1.71. The van der Waals surface area contributed by atoms with Gasteiger partial charge in [0.25, 0.3) is 0 Å². The maximum atomic E-state index is 5.60. The molecule has 1 aromatic rings. The Balaban J connectivity index is 2.51. The van der Waals surface area contributed by atoms with Crippen LogP contribution in [-0.2, 0) is 11.3 Å². The third-order valence-electron chi connectivity index (χ3n) is 2.81. The summed E-state index contributed by atoms with van der Waals surface area (Å²) in [5.41, 5.74) is 1.20. The van der Waals surface area contributed by atoms with Gasteiger partial charge in [-0.15, -0.1) is 0 Å². The Labute approximate surface area is 116 Å². The lowest BCUT2D eigenvalue weighted by Gasteiger charge is -2.12. The Kier molecular flexibility index (Phi) is 8.02. The highest BCUT2D eigenvalue weighted by Gasteiger charge is 2.05. The van der Waals surface area contributed by atoms with Gasteiger partial charge < -0.3 is 19.5 Å². The Morgan fingerprint density at radius 1 is 1.11 bits per heavy atom. The molecule has 108 valence electrons. The number of benzene rings is 1. The number of hydrogen-bond donors (Lipinski definition) is 1. The molecule has 0 aliphatic rings. The summed E-state index contributed by atoms with van der Waals surface area (Å²) in [6, 6.07) is 6.02. The van der Waals surface area contributed by atoms with Gasteiger partial charge in [-0.25, -0.2) is 0 Å². The van der Waals surface area contributed by atoms with Gasteiger partial charge in [0.15, 0.2) is 11.5 Å². The van der Waals surface area contributed by atoms with Gasteiger partial charge >= 0.3 is 0 Å². The maximum Gasteiger partial charge on any atom is 0.161 e. The van der Waals surface area contributed by atoms with Gasteiger partial charge in [-0.1, -0.05) is 19.4 Å². The van der Waals surface area contributed by atoms with Gasteiger partial charge in [0.1, 0.15) is 6.61 Å². The Morgan fingerprint density at radius 3 is 2.63 bits per heavy atom. The monoisotopic (exact) mass is 267 g/mol. The van der Waals surface area contributed by atoms with Crippen LogP contribution in [0.15, 0.2) is 18.2 Å². The molecule has 4 heteroatoms. The van der Waals surface area contributed by atoms with E-state index in [1.165, 1.54) is 18.4 Å². The molecule has 1 N–H and O–H groups in total. The average molecular weight is 267 g/mol. The summed E-state index contributed by atoms with van der Waals surface area (Å²) in [6.07, 6.45) is 2.41. The summed E-state index contributed by atoms with van der Waals surface area (Å²) < 4.78 is 15.9. The van der Waals surface area contributed by atoms with E-state index in [1.807, 2.05) is 12.1 Å². The first kappa shape index (κ1) is 15.8. The molecule has 0 heterocycles. The molecule has 0 saturated carbocycles. The van der Waals surface area contributed by atoms with E-state index in [-0.39, 0.29) is 0 Å². The van der Waals surface area contributed by atoms with E-state index in [4.69, 9.17) is 14.2 Å². The minimum Gasteiger partial charge on any atom is -0.493 e. The van der Waals surface area contributed by atoms with Crippen LogP contribution in [0, 0.1) is 0 Å². The number of rotatable bonds is 10. The van der Waals surface area contributed by atoms with Crippen molar-refractivity contribution in [2.24, 2.45) is 0 Å². The zero-order valence-electron chi connectivity index (χ0n) is 12.2. The van der Waals surface area contributed by atoms with E-state index in [0.29, 0.717) is 13.2 Å². The van der Waals surface area contributed by atoms with Crippen molar-refractivity contribution < 1.29 is 14.2 Å². The van der Waals surface area contributed by atoms with Gasteiger partial charge in [-0.2, -0.15) is 0 Å². The largest absolute Gasteiger partial charge is 0.493 e. The normalized spacial score (nSPS) is 10.5. The van der Waals surface area contributed by atoms with Crippen molar-refractivity contribution in [3.8, 4) is 11.5 Å². The van der Waals surface area contributed by atoms with Gasteiger partial charge in [-0.05, 0) is 30.7 Å². The van der Waals surface area contributed by atoms with Crippen molar-refractivity contribution in [2.45, 2.75) is 26.3 Å². The van der Waals surface area contributed by atoms with Crippen LogP contribution in [0.1, 0.15) is 25.3 Å². The van der Waals surface area contributed by atoms with E-state index in [9.17, 15) is 0 Å². The first-order valence-corrected chi connectivity index (χ1v) is 6.81. The van der Waals surface area contributed by atoms with Crippen LogP contribution >= 0.6 is 0 Å². The van der Waals surface area contributed by atoms with E-state index < -0.39 is 0 Å². The molecule has 0 atom stereocenters. The molecule has 0 spiro atoms. The molecule has 0 aliphatic heterocycles. The zero-order chi connectivity index (χ0) is 13.9. The van der Waals surface area contributed by atoms with Gasteiger partial charge in [0.2, 0.25) is 0 Å². The summed E-state index contributed by atoms with van der Waals surface area (Å²) in [5.74, 6) is 1.53. The third kappa shape index (κ3) is 5.94. The van der Waals surface area contributed by atoms with Gasteiger partial charge in [0, 0.05) is 13.7 Å². The van der Waals surface area contributed by atoms with Crippen molar-refractivity contribution in [3.05, 3.63) is 23.8 Å². The fourth-order valence-electron chi connectivity index (χ4n) is 1.71. The number of methoxy groups -OCH3 is 2. The molecule has 0 radical (unpaired) electrons. The van der Waals surface area contributed by atoms with E-state index in [0.717, 1.165) is 24.6 Å². The van der Waals surface area contributed by atoms with E-state index >= 15 is 0 Å². The molecule has 19 heavy (non-hydrogen) atoms. The topological polar surface area (TPSA) is 39.7 Å². The highest BCUT2D eigenvalue weighted by atomic mass is 16.5. The van der Waals surface area contributed by atoms with E-state index in [1.54, 1.807) is 14.2 Å². The van der Waals surface area contributed by atoms with Crippen LogP contribution in [0.25, 0.3) is 0 Å². The van der Waals surface area contributed by atoms with Crippen molar-refractivity contribution in [1.82, 2.24) is 5.32 Å². The summed E-state index contributed by atoms with van der Waals surface area (Å²) in [4.78, 5) is 0. The van der Waals surface area contributed by atoms with Gasteiger partial charge in [-0.3, -0.25) is 0 Å². The summed E-state index contributed by atoms with van der Waals surface area (Å²) >= 11 is 0. The molecule has 1 rings (SSSR count). The average Bonchev–Trinajstić information content (AvgIpc) is 2.45. The second kappa shape index (κ2) is 9.64. The first-order chi connectivity index (χ1) is 9.31. The molecule has 1 aromatic carbocycles. The molecule has 0 fully saturated rings. The Hall–Kier alpha value is -1.26. The number of unbranched alkanes of at least 4 members (excludes halogenated alkanes) is 1. The predicted octanol–water partition coefficient (Wildman–Crippen LogP) is 2.61. The highest BCUT2D eigenvalue weighted by Crippen LogP contribution is 2.27. The van der Waals surface area contributed by atoms with Crippen molar-refractivity contribution in [3.63, 3.8) is 0 Å². The molecule has 0 aliphatic carbocycles. The number of hydrogen-bond acceptors (Lipinski definition) is 4. The summed E-state index contributed by atoms with van der Waals surface area (Å²) in [5, 5.41) is 3.41. The van der Waals surface area contributed by atoms with Crippen LogP contribution in [0.2, 0.25) is 0 Å². The van der Waals surface area contributed by atoms with Crippen molar-refractivity contribution in [2.75, 3.05) is 34.0 Å². The Bertz CT molecular complexity index is 355. The molecule has 0 amide bonds. The van der Waals surface area contributed by atoms with Crippen LogP contribution in [0.3, 0.4) is 0 Å². The summed E-state index contributed by atoms with van der Waals surface area (Å²) in [7, 11) is 3.32. The molecular formula is C15H25NO3. The van der Waals surface area contributed by atoms with Crippen LogP contribution < -0.4 is 14.8 Å². The van der Waals surface area contributed by atoms with Gasteiger partial charge in [0.05, 0.1) is 13.7 Å². The first-order valence-electron chi connectivity index (χ1n) is 6.81. The molecule has 0 bridgehead atoms. The predicted molar refractivity (Wildman–Crippen MR) is 77.0 cm³/mol. The Morgan fingerprint density at radius 2 is 1.95 bits per heavy atom. The zero-order valence-corrected chi connectivity index (χ0v) is 12.2. The lowest BCUT2D eigenvalue weighted by atomic mass is 10.2. The standard InChI is InChI=1S/C15H25NO3/c1-4-5-8-16-12-13-6-7-14(15(11-13)18-3)19-10-9-17-2/h6-7,11,16H,4-5,8-10,12H2,1-3H3. The quantitative estimate of drug-likeness (QED) is 0.661. The lowest BCUT2D eigenvalue weighted by molar-refractivity contribution is 0.144. The van der Waals surface area contributed by atoms with E-state index in [2.05, 4.69) is 18.3 Å². The SMILES string of the molecule is CCCCNCc1ccc(OCCOC)c(OC)c1. The minimum absolute atomic E-state index is 0.529. The smallest absolute Gasteiger partial charge is 0.161 e. The van der Waals surface area contributed by atoms with Crippen LogP contribution in [0.5, 0.6) is 11.5 Å². The molecule has 0 saturated heterocycles. The lowest BCUT2D eigenvalue weighted by Crippen LogP contribution is -2.14. The fraction of sp³-hybridized carbons (Fsp3) is 0.600. The second-order valence-electron chi connectivity index (χ2n) is 4.36. The molecule has 0 unspecified atom stereocenters. The molecule has 4 nitrogen and oxygen atoms in total. The van der Waals surface area contributed by atoms with Crippen LogP contribution in [0.4, 0.5) is 0 Å². The van der Waals surface area contributed by atoms with Crippen LogP contribution in [-0.4, -0.2) is 34.0 Å². The molecule has 0 aromatic heterocycles. The number of nitrogens with one attached hydrogen (secondary N) is 1. The third-order valence-corrected chi connectivity index (χ3v) is 2.81.